The maximum absolute atomic E-state index is 12.8. The Hall–Kier alpha value is -3.56. The van der Waals surface area contributed by atoms with Gasteiger partial charge in [0.05, 0.1) is 16.3 Å². The van der Waals surface area contributed by atoms with Crippen LogP contribution in [0.3, 0.4) is 0 Å². The van der Waals surface area contributed by atoms with Crippen LogP contribution in [0.5, 0.6) is 11.5 Å². The molecule has 3 aromatic rings. The van der Waals surface area contributed by atoms with E-state index in [9.17, 15) is 18.0 Å². The Morgan fingerprint density at radius 2 is 1.39 bits per heavy atom. The number of carbonyl (C=O) groups excluding carboxylic acids is 2. The van der Waals surface area contributed by atoms with Crippen molar-refractivity contribution in [2.24, 2.45) is 0 Å². The predicted molar refractivity (Wildman–Crippen MR) is 117 cm³/mol. The summed E-state index contributed by atoms with van der Waals surface area (Å²) in [6, 6.07) is 17.3. The lowest BCUT2D eigenvalue weighted by molar-refractivity contribution is -0.123. The van der Waals surface area contributed by atoms with E-state index in [1.54, 1.807) is 48.5 Å². The minimum atomic E-state index is -3.94. The zero-order valence-corrected chi connectivity index (χ0v) is 17.5. The van der Waals surface area contributed by atoms with E-state index >= 15 is 0 Å². The highest BCUT2D eigenvalue weighted by atomic mass is 35.5. The van der Waals surface area contributed by atoms with Gasteiger partial charge in [-0.2, -0.15) is 0 Å². The number of anilines is 3. The average molecular weight is 458 g/mol. The molecule has 1 aliphatic heterocycles. The smallest absolute Gasteiger partial charge is 0.261 e. The van der Waals surface area contributed by atoms with Gasteiger partial charge in [0, 0.05) is 10.7 Å². The summed E-state index contributed by atoms with van der Waals surface area (Å²) >= 11 is 5.85. The van der Waals surface area contributed by atoms with Gasteiger partial charge in [-0.05, 0) is 66.7 Å². The van der Waals surface area contributed by atoms with Crippen molar-refractivity contribution < 1.29 is 22.7 Å². The van der Waals surface area contributed by atoms with Gasteiger partial charge < -0.3 is 15.4 Å². The zero-order valence-electron chi connectivity index (χ0n) is 15.9. The van der Waals surface area contributed by atoms with Crippen molar-refractivity contribution >= 4 is 50.5 Å². The number of hydrogen-bond donors (Lipinski definition) is 3. The molecule has 0 aromatic heterocycles. The summed E-state index contributed by atoms with van der Waals surface area (Å²) in [6.45, 7) is 0. The molecule has 2 amide bonds. The number of benzene rings is 3. The van der Waals surface area contributed by atoms with E-state index in [1.165, 1.54) is 18.2 Å². The molecule has 0 fully saturated rings. The second-order valence-electron chi connectivity index (χ2n) is 6.67. The van der Waals surface area contributed by atoms with Gasteiger partial charge in [-0.1, -0.05) is 11.6 Å². The molecule has 1 heterocycles. The van der Waals surface area contributed by atoms with E-state index in [4.69, 9.17) is 16.3 Å². The van der Waals surface area contributed by atoms with Crippen LogP contribution >= 0.6 is 11.6 Å². The summed E-state index contributed by atoms with van der Waals surface area (Å²) < 4.78 is 33.7. The number of halogens is 1. The summed E-state index contributed by atoms with van der Waals surface area (Å²) in [5, 5.41) is 5.67. The maximum Gasteiger partial charge on any atom is 0.261 e. The van der Waals surface area contributed by atoms with Crippen LogP contribution in [-0.2, 0) is 19.6 Å². The molecule has 0 unspecified atom stereocenters. The van der Waals surface area contributed by atoms with Crippen LogP contribution < -0.4 is 20.1 Å². The van der Waals surface area contributed by atoms with E-state index < -0.39 is 21.8 Å². The van der Waals surface area contributed by atoms with Gasteiger partial charge in [0.2, 0.25) is 11.8 Å². The van der Waals surface area contributed by atoms with E-state index in [0.717, 1.165) is 0 Å². The number of rotatable bonds is 5. The number of carbonyl (C=O) groups is 2. The first-order valence-corrected chi connectivity index (χ1v) is 10.9. The van der Waals surface area contributed by atoms with E-state index in [2.05, 4.69) is 15.4 Å². The molecule has 0 saturated carbocycles. The molecule has 4 rings (SSSR count). The van der Waals surface area contributed by atoms with Gasteiger partial charge >= 0.3 is 0 Å². The Bertz CT molecular complexity index is 1260. The average Bonchev–Trinajstić information content (AvgIpc) is 2.86. The van der Waals surface area contributed by atoms with E-state index in [-0.39, 0.29) is 17.0 Å². The first-order chi connectivity index (χ1) is 14.8. The number of ether oxygens (including phenoxy) is 1. The molecule has 158 valence electrons. The predicted octanol–water partition coefficient (Wildman–Crippen LogP) is 4.21. The summed E-state index contributed by atoms with van der Waals surface area (Å²) in [5.74, 6) is 0.131. The molecule has 0 aliphatic carbocycles. The van der Waals surface area contributed by atoms with Crippen molar-refractivity contribution in [2.75, 3.05) is 15.4 Å². The summed E-state index contributed by atoms with van der Waals surface area (Å²) in [6.07, 6.45) is -0.334. The third-order valence-electron chi connectivity index (χ3n) is 4.33. The number of sulfonamides is 1. The van der Waals surface area contributed by atoms with Gasteiger partial charge in [-0.25, -0.2) is 8.42 Å². The number of nitrogens with one attached hydrogen (secondary N) is 3. The van der Waals surface area contributed by atoms with Crippen LogP contribution in [0.4, 0.5) is 17.1 Å². The molecule has 31 heavy (non-hydrogen) atoms. The van der Waals surface area contributed by atoms with Crippen molar-refractivity contribution in [3.05, 3.63) is 71.8 Å². The highest BCUT2D eigenvalue weighted by Crippen LogP contribution is 2.29. The van der Waals surface area contributed by atoms with Crippen LogP contribution in [0.1, 0.15) is 6.42 Å². The second-order valence-corrected chi connectivity index (χ2v) is 8.79. The summed E-state index contributed by atoms with van der Waals surface area (Å²) in [7, 11) is -3.94. The highest BCUT2D eigenvalue weighted by Gasteiger charge is 2.22. The van der Waals surface area contributed by atoms with Crippen molar-refractivity contribution in [2.45, 2.75) is 11.3 Å². The third-order valence-corrected chi connectivity index (χ3v) is 5.96. The molecule has 0 bridgehead atoms. The lowest BCUT2D eigenvalue weighted by Gasteiger charge is -2.12. The lowest BCUT2D eigenvalue weighted by atomic mass is 10.2. The molecule has 3 N–H and O–H groups in total. The van der Waals surface area contributed by atoms with Gasteiger partial charge in [-0.3, -0.25) is 14.3 Å². The summed E-state index contributed by atoms with van der Waals surface area (Å²) in [4.78, 5) is 23.3. The topological polar surface area (TPSA) is 114 Å². The molecule has 3 aromatic carbocycles. The lowest BCUT2D eigenvalue weighted by Crippen LogP contribution is -2.16. The largest absolute Gasteiger partial charge is 0.457 e. The van der Waals surface area contributed by atoms with Crippen molar-refractivity contribution in [1.29, 1.82) is 0 Å². The Morgan fingerprint density at radius 1 is 0.806 bits per heavy atom. The molecule has 0 atom stereocenters. The standard InChI is InChI=1S/C21H16ClN3O5S/c22-13-1-5-15(6-2-13)30-16-7-3-14(4-8-16)25-31(28,29)17-9-10-18-19(11-17)24-21(27)12-20(26)23-18/h1-11,25H,12H2,(H,23,26)(H,24,27). The highest BCUT2D eigenvalue weighted by molar-refractivity contribution is 7.92. The van der Waals surface area contributed by atoms with Crippen molar-refractivity contribution in [3.8, 4) is 11.5 Å². The molecule has 10 heteroatoms. The molecule has 0 spiro atoms. The molecular formula is C21H16ClN3O5S. The molecule has 0 radical (unpaired) electrons. The molecular weight excluding hydrogens is 442 g/mol. The van der Waals surface area contributed by atoms with Crippen LogP contribution in [0.2, 0.25) is 5.02 Å². The Kier molecular flexibility index (Phi) is 5.53. The SMILES string of the molecule is O=C1CC(=O)Nc2cc(S(=O)(=O)Nc3ccc(Oc4ccc(Cl)cc4)cc3)ccc2N1. The minimum Gasteiger partial charge on any atom is -0.457 e. The Labute approximate surface area is 183 Å². The monoisotopic (exact) mass is 457 g/mol. The van der Waals surface area contributed by atoms with Crippen LogP contribution in [0.25, 0.3) is 0 Å². The van der Waals surface area contributed by atoms with E-state index in [1.807, 2.05) is 0 Å². The normalized spacial score (nSPS) is 13.5. The minimum absolute atomic E-state index is 0.0656. The maximum atomic E-state index is 12.8. The van der Waals surface area contributed by atoms with Gasteiger partial charge in [0.25, 0.3) is 10.0 Å². The van der Waals surface area contributed by atoms with Gasteiger partial charge in [0.1, 0.15) is 17.9 Å². The summed E-state index contributed by atoms with van der Waals surface area (Å²) in [5.41, 5.74) is 0.875. The number of fused-ring (bicyclic) bond motifs is 1. The Balaban J connectivity index is 1.50. The molecule has 0 saturated heterocycles. The van der Waals surface area contributed by atoms with Crippen LogP contribution in [0, 0.1) is 0 Å². The van der Waals surface area contributed by atoms with E-state index in [0.29, 0.717) is 27.9 Å². The Morgan fingerprint density at radius 3 is 2.03 bits per heavy atom. The zero-order chi connectivity index (χ0) is 22.0. The van der Waals surface area contributed by atoms with Gasteiger partial charge in [0.15, 0.2) is 0 Å². The quantitative estimate of drug-likeness (QED) is 0.496. The van der Waals surface area contributed by atoms with Gasteiger partial charge in [-0.15, -0.1) is 0 Å². The van der Waals surface area contributed by atoms with Crippen LogP contribution in [-0.4, -0.2) is 20.2 Å². The fourth-order valence-electron chi connectivity index (χ4n) is 2.88. The first-order valence-electron chi connectivity index (χ1n) is 9.08. The first kappa shape index (κ1) is 20.7. The van der Waals surface area contributed by atoms with Crippen molar-refractivity contribution in [3.63, 3.8) is 0 Å². The fraction of sp³-hybridized carbons (Fsp3) is 0.0476. The second kappa shape index (κ2) is 8.29. The van der Waals surface area contributed by atoms with Crippen molar-refractivity contribution in [1.82, 2.24) is 0 Å². The molecule has 8 nitrogen and oxygen atoms in total. The number of hydrogen-bond acceptors (Lipinski definition) is 5. The van der Waals surface area contributed by atoms with Crippen LogP contribution in [0.15, 0.2) is 71.6 Å². The number of amides is 2. The molecule has 1 aliphatic rings. The fourth-order valence-corrected chi connectivity index (χ4v) is 4.09. The third kappa shape index (κ3) is 4.96.